The third-order valence-electron chi connectivity index (χ3n) is 3.54. The predicted molar refractivity (Wildman–Crippen MR) is 68.2 cm³/mol. The molecule has 0 aromatic heterocycles. The molecule has 1 saturated carbocycles. The van der Waals surface area contributed by atoms with Gasteiger partial charge in [-0.25, -0.2) is 4.79 Å². The minimum atomic E-state index is -0.949. The monoisotopic (exact) mass is 234 g/mol. The summed E-state index contributed by atoms with van der Waals surface area (Å²) in [6.45, 7) is 2.15. The number of carboxylic acids is 1. The lowest BCUT2D eigenvalue weighted by molar-refractivity contribution is 0.0697. The van der Waals surface area contributed by atoms with Crippen LogP contribution >= 0.6 is 0 Å². The average Bonchev–Trinajstić information content (AvgIpc) is 2.18. The molecule has 1 aliphatic rings. The molecule has 0 bridgehead atoms. The molecule has 0 radical (unpaired) electrons. The van der Waals surface area contributed by atoms with Crippen molar-refractivity contribution in [3.05, 3.63) is 23.8 Å². The van der Waals surface area contributed by atoms with Crippen LogP contribution < -0.4 is 11.1 Å². The van der Waals surface area contributed by atoms with Crippen molar-refractivity contribution in [2.45, 2.75) is 32.2 Å². The number of nitrogen functional groups attached to an aromatic ring is 1. The van der Waals surface area contributed by atoms with Crippen molar-refractivity contribution < 1.29 is 9.90 Å². The van der Waals surface area contributed by atoms with Crippen LogP contribution in [-0.4, -0.2) is 17.1 Å². The van der Waals surface area contributed by atoms with Gasteiger partial charge in [-0.05, 0) is 43.9 Å². The maximum atomic E-state index is 10.8. The van der Waals surface area contributed by atoms with Crippen LogP contribution in [0.5, 0.6) is 0 Å². The molecule has 4 heteroatoms. The first kappa shape index (κ1) is 11.8. The van der Waals surface area contributed by atoms with Gasteiger partial charge in [0.1, 0.15) is 0 Å². The molecule has 0 saturated heterocycles. The second kappa shape index (κ2) is 4.65. The van der Waals surface area contributed by atoms with Crippen molar-refractivity contribution in [1.29, 1.82) is 0 Å². The van der Waals surface area contributed by atoms with Gasteiger partial charge in [0, 0.05) is 6.04 Å². The Morgan fingerprint density at radius 1 is 1.53 bits per heavy atom. The molecule has 0 heterocycles. The molecular weight excluding hydrogens is 216 g/mol. The summed E-state index contributed by atoms with van der Waals surface area (Å²) in [5, 5.41) is 12.2. The normalized spacial score (nSPS) is 17.2. The largest absolute Gasteiger partial charge is 0.478 e. The second-order valence-corrected chi connectivity index (χ2v) is 4.73. The zero-order valence-corrected chi connectivity index (χ0v) is 9.94. The van der Waals surface area contributed by atoms with E-state index in [9.17, 15) is 4.79 Å². The summed E-state index contributed by atoms with van der Waals surface area (Å²) in [6.07, 6.45) is 3.84. The molecule has 1 aliphatic carbocycles. The minimum absolute atomic E-state index is 0.226. The van der Waals surface area contributed by atoms with Gasteiger partial charge in [0.25, 0.3) is 0 Å². The predicted octanol–water partition coefficient (Wildman–Crippen LogP) is 2.57. The number of anilines is 2. The number of rotatable bonds is 4. The van der Waals surface area contributed by atoms with Gasteiger partial charge >= 0.3 is 5.97 Å². The molecule has 4 N–H and O–H groups in total. The lowest BCUT2D eigenvalue weighted by atomic mass is 9.80. The van der Waals surface area contributed by atoms with E-state index in [2.05, 4.69) is 12.2 Å². The number of nitrogens with two attached hydrogens (primary N) is 1. The summed E-state index contributed by atoms with van der Waals surface area (Å²) in [7, 11) is 0. The second-order valence-electron chi connectivity index (χ2n) is 4.73. The fourth-order valence-corrected chi connectivity index (χ4v) is 2.13. The molecule has 2 rings (SSSR count). The molecule has 1 aromatic carbocycles. The van der Waals surface area contributed by atoms with E-state index in [-0.39, 0.29) is 5.56 Å². The summed E-state index contributed by atoms with van der Waals surface area (Å²) >= 11 is 0. The fraction of sp³-hybridized carbons (Fsp3) is 0.462. The zero-order chi connectivity index (χ0) is 12.4. The Kier molecular flexibility index (Phi) is 3.22. The van der Waals surface area contributed by atoms with Crippen molar-refractivity contribution >= 4 is 17.3 Å². The molecule has 17 heavy (non-hydrogen) atoms. The highest BCUT2D eigenvalue weighted by atomic mass is 16.4. The third kappa shape index (κ3) is 2.52. The first-order valence-electron chi connectivity index (χ1n) is 5.97. The van der Waals surface area contributed by atoms with E-state index in [1.165, 1.54) is 25.3 Å². The zero-order valence-electron chi connectivity index (χ0n) is 9.94. The standard InChI is InChI=1S/C13H18N2O2/c1-8(9-3-2-4-9)15-12-6-5-10(13(16)17)7-11(12)14/h5-9,15H,2-4,14H2,1H3,(H,16,17). The van der Waals surface area contributed by atoms with Crippen molar-refractivity contribution in [3.63, 3.8) is 0 Å². The molecule has 92 valence electrons. The van der Waals surface area contributed by atoms with Crippen LogP contribution in [0.2, 0.25) is 0 Å². The molecule has 0 aliphatic heterocycles. The van der Waals surface area contributed by atoms with E-state index in [4.69, 9.17) is 10.8 Å². The highest BCUT2D eigenvalue weighted by Crippen LogP contribution is 2.32. The summed E-state index contributed by atoms with van der Waals surface area (Å²) in [5.41, 5.74) is 7.39. The summed E-state index contributed by atoms with van der Waals surface area (Å²) in [6, 6.07) is 5.21. The molecule has 1 aromatic rings. The van der Waals surface area contributed by atoms with Gasteiger partial charge in [0.15, 0.2) is 0 Å². The highest BCUT2D eigenvalue weighted by Gasteiger charge is 2.24. The number of carbonyl (C=O) groups is 1. The highest BCUT2D eigenvalue weighted by molar-refractivity contribution is 5.90. The fourth-order valence-electron chi connectivity index (χ4n) is 2.13. The van der Waals surface area contributed by atoms with Gasteiger partial charge in [-0.3, -0.25) is 0 Å². The van der Waals surface area contributed by atoms with Crippen molar-refractivity contribution in [2.75, 3.05) is 11.1 Å². The third-order valence-corrected chi connectivity index (χ3v) is 3.54. The summed E-state index contributed by atoms with van der Waals surface area (Å²) < 4.78 is 0. The Morgan fingerprint density at radius 3 is 2.71 bits per heavy atom. The van der Waals surface area contributed by atoms with E-state index in [0.29, 0.717) is 17.6 Å². The Bertz CT molecular complexity index is 427. The van der Waals surface area contributed by atoms with Crippen LogP contribution in [0, 0.1) is 5.92 Å². The first-order chi connectivity index (χ1) is 8.08. The molecular formula is C13H18N2O2. The molecule has 1 unspecified atom stereocenters. The lowest BCUT2D eigenvalue weighted by Gasteiger charge is -2.32. The van der Waals surface area contributed by atoms with Gasteiger partial charge < -0.3 is 16.2 Å². The molecule has 0 spiro atoms. The molecule has 0 amide bonds. The molecule has 1 fully saturated rings. The summed E-state index contributed by atoms with van der Waals surface area (Å²) in [4.78, 5) is 10.8. The Morgan fingerprint density at radius 2 is 2.24 bits per heavy atom. The number of nitrogens with one attached hydrogen (secondary N) is 1. The smallest absolute Gasteiger partial charge is 0.335 e. The maximum Gasteiger partial charge on any atom is 0.335 e. The lowest BCUT2D eigenvalue weighted by Crippen LogP contribution is -2.31. The molecule has 4 nitrogen and oxygen atoms in total. The van der Waals surface area contributed by atoms with E-state index < -0.39 is 5.97 Å². The summed E-state index contributed by atoms with van der Waals surface area (Å²) in [5.74, 6) is -0.233. The van der Waals surface area contributed by atoms with Crippen molar-refractivity contribution in [2.24, 2.45) is 5.92 Å². The van der Waals surface area contributed by atoms with Gasteiger partial charge in [-0.2, -0.15) is 0 Å². The van der Waals surface area contributed by atoms with Crippen LogP contribution in [0.3, 0.4) is 0 Å². The Hall–Kier alpha value is -1.71. The van der Waals surface area contributed by atoms with Crippen LogP contribution in [-0.2, 0) is 0 Å². The van der Waals surface area contributed by atoms with Gasteiger partial charge in [0.05, 0.1) is 16.9 Å². The number of benzene rings is 1. The quantitative estimate of drug-likeness (QED) is 0.700. The number of hydrogen-bond donors (Lipinski definition) is 3. The average molecular weight is 234 g/mol. The Labute approximate surface area is 101 Å². The van der Waals surface area contributed by atoms with Crippen LogP contribution in [0.1, 0.15) is 36.5 Å². The van der Waals surface area contributed by atoms with Gasteiger partial charge in [0.2, 0.25) is 0 Å². The Balaban J connectivity index is 2.07. The van der Waals surface area contributed by atoms with E-state index in [1.807, 2.05) is 0 Å². The maximum absolute atomic E-state index is 10.8. The van der Waals surface area contributed by atoms with Crippen molar-refractivity contribution in [1.82, 2.24) is 0 Å². The van der Waals surface area contributed by atoms with E-state index in [1.54, 1.807) is 12.1 Å². The SMILES string of the molecule is CC(Nc1ccc(C(=O)O)cc1N)C1CCC1. The topological polar surface area (TPSA) is 75.3 Å². The van der Waals surface area contributed by atoms with Gasteiger partial charge in [-0.15, -0.1) is 0 Å². The van der Waals surface area contributed by atoms with E-state index >= 15 is 0 Å². The van der Waals surface area contributed by atoms with Crippen molar-refractivity contribution in [3.8, 4) is 0 Å². The minimum Gasteiger partial charge on any atom is -0.478 e. The number of carboxylic acid groups (broad SMARTS) is 1. The number of aromatic carboxylic acids is 1. The van der Waals surface area contributed by atoms with Crippen LogP contribution in [0.25, 0.3) is 0 Å². The number of hydrogen-bond acceptors (Lipinski definition) is 3. The van der Waals surface area contributed by atoms with Crippen LogP contribution in [0.4, 0.5) is 11.4 Å². The molecule has 1 atom stereocenters. The van der Waals surface area contributed by atoms with E-state index in [0.717, 1.165) is 5.69 Å². The first-order valence-corrected chi connectivity index (χ1v) is 5.97. The van der Waals surface area contributed by atoms with Gasteiger partial charge in [-0.1, -0.05) is 6.42 Å². The van der Waals surface area contributed by atoms with Crippen LogP contribution in [0.15, 0.2) is 18.2 Å².